The van der Waals surface area contributed by atoms with E-state index >= 15 is 0 Å². The molecule has 3 atom stereocenters. The molecule has 1 heterocycles. The van der Waals surface area contributed by atoms with E-state index in [1.54, 1.807) is 18.2 Å². The number of benzene rings is 4. The lowest BCUT2D eigenvalue weighted by atomic mass is 9.54. The first-order valence-electron chi connectivity index (χ1n) is 13.8. The number of imide groups is 1. The number of hydrogen-bond donors (Lipinski definition) is 0. The van der Waals surface area contributed by atoms with Gasteiger partial charge in [0.25, 0.3) is 0 Å². The van der Waals surface area contributed by atoms with Crippen LogP contribution in [0.5, 0.6) is 0 Å². The molecule has 1 aliphatic heterocycles. The molecule has 0 spiro atoms. The highest BCUT2D eigenvalue weighted by molar-refractivity contribution is 6.42. The summed E-state index contributed by atoms with van der Waals surface area (Å²) in [7, 11) is 0. The quantitative estimate of drug-likeness (QED) is 0.125. The molecule has 0 radical (unpaired) electrons. The predicted octanol–water partition coefficient (Wildman–Crippen LogP) is 7.24. The van der Waals surface area contributed by atoms with Crippen LogP contribution < -0.4 is 0 Å². The van der Waals surface area contributed by atoms with E-state index in [-0.39, 0.29) is 13.0 Å². The summed E-state index contributed by atoms with van der Waals surface area (Å²) in [5.41, 5.74) is 4.13. The van der Waals surface area contributed by atoms with Crippen molar-refractivity contribution in [3.63, 3.8) is 0 Å². The van der Waals surface area contributed by atoms with Crippen LogP contribution in [0.3, 0.4) is 0 Å². The number of carbonyl (C=O) groups excluding carboxylic acids is 3. The van der Waals surface area contributed by atoms with Crippen molar-refractivity contribution in [1.82, 2.24) is 4.90 Å². The van der Waals surface area contributed by atoms with E-state index in [9.17, 15) is 14.4 Å². The monoisotopic (exact) mass is 649 g/mol. The molecule has 4 aromatic rings. The Morgan fingerprint density at radius 3 is 1.67 bits per heavy atom. The molecule has 0 N–H and O–H groups in total. The molecule has 0 saturated carbocycles. The molecule has 1 fully saturated rings. The third-order valence-corrected chi connectivity index (χ3v) is 10.9. The highest BCUT2D eigenvalue weighted by atomic mass is 35.5. The van der Waals surface area contributed by atoms with Gasteiger partial charge in [-0.25, -0.2) is 4.79 Å². The molecule has 1 saturated heterocycles. The fraction of sp³-hybridized carbons (Fsp3) is 0.206. The van der Waals surface area contributed by atoms with Gasteiger partial charge in [0.05, 0.1) is 21.9 Å². The fourth-order valence-corrected chi connectivity index (χ4v) is 8.41. The van der Waals surface area contributed by atoms with E-state index in [4.69, 9.17) is 51.1 Å². The van der Waals surface area contributed by atoms with Gasteiger partial charge < -0.3 is 4.74 Å². The average molecular weight is 651 g/mol. The third kappa shape index (κ3) is 4.09. The summed E-state index contributed by atoms with van der Waals surface area (Å²) in [4.78, 5) is 41.2. The lowest BCUT2D eigenvalue weighted by Crippen LogP contribution is -2.57. The first kappa shape index (κ1) is 28.4. The maximum atomic E-state index is 14.5. The zero-order chi connectivity index (χ0) is 30.1. The Bertz CT molecular complexity index is 1690. The highest BCUT2D eigenvalue weighted by Crippen LogP contribution is 2.69. The second kappa shape index (κ2) is 10.4. The summed E-state index contributed by atoms with van der Waals surface area (Å²) < 4.78 is 5.71. The SMILES string of the molecule is O=C(OCc1ccc(Cl)c(Cl)c1)[C@H](Cc1ccccc1)N1C(=O)[C@H]2[C@H](C1=O)C1(Cl)c3ccccc3C2(Cl)c2ccccc21. The molecule has 2 amide bonds. The Morgan fingerprint density at radius 2 is 1.19 bits per heavy atom. The van der Waals surface area contributed by atoms with Crippen LogP contribution in [0, 0.1) is 11.8 Å². The van der Waals surface area contributed by atoms with Gasteiger partial charge in [0.1, 0.15) is 22.4 Å². The topological polar surface area (TPSA) is 63.7 Å². The standard InChI is InChI=1S/C34H23Cl4NO4/c35-25-15-14-20(16-26(25)36)18-43-32(42)27(17-19-8-2-1-3-9-19)39-30(40)28-29(31(39)41)34(38)22-11-5-4-10-21(22)33(28,37)23-12-6-7-13-24(23)34/h1-16,27-29H,17-18H2/t27-,28+,29+,33?,34?/m0/s1. The van der Waals surface area contributed by atoms with Crippen LogP contribution in [-0.4, -0.2) is 28.7 Å². The van der Waals surface area contributed by atoms with Crippen LogP contribution in [0.2, 0.25) is 10.0 Å². The molecular formula is C34H23Cl4NO4. The van der Waals surface area contributed by atoms with Crippen LogP contribution in [0.4, 0.5) is 0 Å². The molecule has 3 aliphatic carbocycles. The molecular weight excluding hydrogens is 628 g/mol. The lowest BCUT2D eigenvalue weighted by molar-refractivity contribution is -0.159. The Kier molecular flexibility index (Phi) is 6.86. The number of alkyl halides is 2. The number of esters is 1. The smallest absolute Gasteiger partial charge is 0.330 e. The van der Waals surface area contributed by atoms with Gasteiger partial charge in [-0.1, -0.05) is 108 Å². The summed E-state index contributed by atoms with van der Waals surface area (Å²) >= 11 is 27.3. The lowest BCUT2D eigenvalue weighted by Gasteiger charge is -2.54. The number of nitrogens with zero attached hydrogens (tertiary/aromatic N) is 1. The Labute approximate surface area is 268 Å². The number of halogens is 4. The number of ether oxygens (including phenoxy) is 1. The molecule has 43 heavy (non-hydrogen) atoms. The zero-order valence-electron chi connectivity index (χ0n) is 22.5. The van der Waals surface area contributed by atoms with Crippen LogP contribution in [0.15, 0.2) is 97.1 Å². The van der Waals surface area contributed by atoms with E-state index in [1.165, 1.54) is 0 Å². The van der Waals surface area contributed by atoms with E-state index in [0.717, 1.165) is 10.5 Å². The summed E-state index contributed by atoms with van der Waals surface area (Å²) in [6.45, 7) is -0.125. The summed E-state index contributed by atoms with van der Waals surface area (Å²) in [6, 6.07) is 27.7. The second-order valence-electron chi connectivity index (χ2n) is 11.1. The molecule has 5 nitrogen and oxygen atoms in total. The molecule has 4 aliphatic rings. The van der Waals surface area contributed by atoms with Crippen molar-refractivity contribution in [2.24, 2.45) is 11.8 Å². The van der Waals surface area contributed by atoms with Crippen LogP contribution in [-0.2, 0) is 41.9 Å². The van der Waals surface area contributed by atoms with E-state index in [0.29, 0.717) is 37.9 Å². The van der Waals surface area contributed by atoms with Gasteiger partial charge in [-0.05, 0) is 45.5 Å². The number of amides is 2. The minimum atomic E-state index is -1.35. The first-order valence-corrected chi connectivity index (χ1v) is 15.3. The predicted molar refractivity (Wildman–Crippen MR) is 165 cm³/mol. The molecule has 0 aromatic heterocycles. The number of hydrogen-bond acceptors (Lipinski definition) is 4. The zero-order valence-corrected chi connectivity index (χ0v) is 25.5. The maximum Gasteiger partial charge on any atom is 0.330 e. The van der Waals surface area contributed by atoms with E-state index in [2.05, 4.69) is 0 Å². The van der Waals surface area contributed by atoms with Crippen molar-refractivity contribution < 1.29 is 19.1 Å². The Hall–Kier alpha value is -3.35. The van der Waals surface area contributed by atoms with Crippen LogP contribution in [0.1, 0.15) is 33.4 Å². The van der Waals surface area contributed by atoms with Crippen molar-refractivity contribution in [2.45, 2.75) is 28.8 Å². The van der Waals surface area contributed by atoms with Gasteiger partial charge in [0.15, 0.2) is 0 Å². The van der Waals surface area contributed by atoms with Crippen LogP contribution in [0.25, 0.3) is 0 Å². The van der Waals surface area contributed by atoms with Gasteiger partial charge in [-0.2, -0.15) is 0 Å². The maximum absolute atomic E-state index is 14.5. The van der Waals surface area contributed by atoms with Gasteiger partial charge >= 0.3 is 5.97 Å². The summed E-state index contributed by atoms with van der Waals surface area (Å²) in [6.07, 6.45) is 0.0580. The van der Waals surface area contributed by atoms with E-state index < -0.39 is 45.4 Å². The van der Waals surface area contributed by atoms with Crippen molar-refractivity contribution >= 4 is 64.2 Å². The molecule has 8 rings (SSSR count). The van der Waals surface area contributed by atoms with Gasteiger partial charge in [-0.3, -0.25) is 14.5 Å². The summed E-state index contributed by atoms with van der Waals surface area (Å²) in [5, 5.41) is 0.690. The average Bonchev–Trinajstić information content (AvgIpc) is 3.30. The number of carbonyl (C=O) groups is 3. The molecule has 2 bridgehead atoms. The molecule has 0 unspecified atom stereocenters. The third-order valence-electron chi connectivity index (χ3n) is 8.84. The van der Waals surface area contributed by atoms with Crippen molar-refractivity contribution in [1.29, 1.82) is 0 Å². The van der Waals surface area contributed by atoms with Gasteiger partial charge in [0.2, 0.25) is 11.8 Å². The van der Waals surface area contributed by atoms with Gasteiger partial charge in [-0.15, -0.1) is 23.2 Å². The number of rotatable bonds is 6. The fourth-order valence-electron chi connectivity index (χ4n) is 6.99. The van der Waals surface area contributed by atoms with Crippen molar-refractivity contribution in [2.75, 3.05) is 0 Å². The van der Waals surface area contributed by atoms with Crippen molar-refractivity contribution in [3.8, 4) is 0 Å². The molecule has 216 valence electrons. The highest BCUT2D eigenvalue weighted by Gasteiger charge is 2.73. The van der Waals surface area contributed by atoms with Gasteiger partial charge in [0, 0.05) is 6.42 Å². The van der Waals surface area contributed by atoms with E-state index in [1.807, 2.05) is 78.9 Å². The van der Waals surface area contributed by atoms with Crippen LogP contribution >= 0.6 is 46.4 Å². The minimum Gasteiger partial charge on any atom is -0.459 e. The largest absolute Gasteiger partial charge is 0.459 e. The second-order valence-corrected chi connectivity index (χ2v) is 13.1. The summed E-state index contributed by atoms with van der Waals surface area (Å²) in [5.74, 6) is -3.88. The minimum absolute atomic E-state index is 0.0580. The first-order chi connectivity index (χ1) is 20.7. The molecule has 4 aromatic carbocycles. The Balaban J connectivity index is 1.31. The molecule has 9 heteroatoms. The number of likely N-dealkylation sites (tertiary alicyclic amines) is 1. The normalized spacial score (nSPS) is 25.6. The van der Waals surface area contributed by atoms with Crippen molar-refractivity contribution in [3.05, 3.63) is 140 Å². The Morgan fingerprint density at radius 1 is 0.698 bits per heavy atom.